The molecule has 0 aromatic heterocycles. The number of hydrogen-bond acceptors (Lipinski definition) is 8. The maximum Gasteiger partial charge on any atom is 0.220 e. The number of hydrogen-bond donors (Lipinski definition) is 6. The molecule has 2 unspecified atom stereocenters. The first kappa shape index (κ1) is 64.9. The Morgan fingerprint density at radius 3 is 1.15 bits per heavy atom. The summed E-state index contributed by atoms with van der Waals surface area (Å²) in [4.78, 5) is 13.0. The van der Waals surface area contributed by atoms with Gasteiger partial charge in [-0.3, -0.25) is 4.79 Å². The Labute approximate surface area is 420 Å². The molecule has 1 fully saturated rings. The molecule has 0 saturated carbocycles. The Morgan fingerprint density at radius 1 is 0.485 bits per heavy atom. The molecule has 68 heavy (non-hydrogen) atoms. The fraction of sp³-hybridized carbons (Fsp3) is 0.949. The smallest absolute Gasteiger partial charge is 0.220 e. The number of nitrogens with one attached hydrogen (secondary N) is 1. The number of ether oxygens (including phenoxy) is 2. The number of amides is 1. The Hall–Kier alpha value is -1.07. The van der Waals surface area contributed by atoms with Crippen LogP contribution in [0, 0.1) is 0 Å². The molecule has 9 nitrogen and oxygen atoms in total. The highest BCUT2D eigenvalue weighted by atomic mass is 16.7. The third-order valence-corrected chi connectivity index (χ3v) is 14.6. The lowest BCUT2D eigenvalue weighted by Crippen LogP contribution is -2.60. The van der Waals surface area contributed by atoms with Crippen LogP contribution < -0.4 is 5.32 Å². The topological polar surface area (TPSA) is 149 Å². The zero-order valence-electron chi connectivity index (χ0n) is 44.9. The molecule has 1 heterocycles. The van der Waals surface area contributed by atoms with Crippen molar-refractivity contribution >= 4 is 5.91 Å². The van der Waals surface area contributed by atoms with E-state index in [9.17, 15) is 30.3 Å². The largest absolute Gasteiger partial charge is 0.394 e. The van der Waals surface area contributed by atoms with Gasteiger partial charge in [-0.15, -0.1) is 0 Å². The van der Waals surface area contributed by atoms with Crippen LogP contribution in [0.1, 0.15) is 303 Å². The average Bonchev–Trinajstić information content (AvgIpc) is 3.34. The Balaban J connectivity index is 2.09. The molecule has 9 heteroatoms. The summed E-state index contributed by atoms with van der Waals surface area (Å²) in [7, 11) is 0. The zero-order valence-corrected chi connectivity index (χ0v) is 44.9. The van der Waals surface area contributed by atoms with E-state index in [1.807, 2.05) is 6.08 Å². The second-order valence-corrected chi connectivity index (χ2v) is 21.2. The van der Waals surface area contributed by atoms with Crippen molar-refractivity contribution in [1.82, 2.24) is 5.32 Å². The average molecular weight is 967 g/mol. The number of unbranched alkanes of at least 4 members (excludes halogenated alkanes) is 42. The van der Waals surface area contributed by atoms with E-state index in [-0.39, 0.29) is 12.5 Å². The van der Waals surface area contributed by atoms with Gasteiger partial charge in [0.2, 0.25) is 5.91 Å². The van der Waals surface area contributed by atoms with E-state index >= 15 is 0 Å². The standard InChI is InChI=1S/C59H115NO8/c1-3-5-7-9-11-13-15-17-18-19-20-21-22-23-24-25-26-27-28-29-30-31-32-33-34-35-37-39-41-43-45-47-49-55(63)60-52(51-67-59-58(66)57(65)56(64)54(50-61)68-59)53(62)48-46-44-42-40-38-36-16-14-12-10-8-6-4-2/h46,48,52-54,56-59,61-62,64-66H,3-45,47,49-51H2,1-2H3,(H,60,63)/b48-46+/t52-,53+,54+,56+,57?,58?,59+/m0/s1. The van der Waals surface area contributed by atoms with Gasteiger partial charge in [0, 0.05) is 6.42 Å². The van der Waals surface area contributed by atoms with E-state index in [1.54, 1.807) is 6.08 Å². The van der Waals surface area contributed by atoms with Gasteiger partial charge in [0.25, 0.3) is 0 Å². The first-order valence-corrected chi connectivity index (χ1v) is 29.9. The molecule has 0 aromatic rings. The lowest BCUT2D eigenvalue weighted by Gasteiger charge is -2.40. The van der Waals surface area contributed by atoms with Gasteiger partial charge in [-0.25, -0.2) is 0 Å². The molecule has 6 N–H and O–H groups in total. The summed E-state index contributed by atoms with van der Waals surface area (Å²) in [5, 5.41) is 54.4. The highest BCUT2D eigenvalue weighted by Gasteiger charge is 2.44. The zero-order chi connectivity index (χ0) is 49.4. The highest BCUT2D eigenvalue weighted by Crippen LogP contribution is 2.23. The highest BCUT2D eigenvalue weighted by molar-refractivity contribution is 5.76. The van der Waals surface area contributed by atoms with Gasteiger partial charge in [0.15, 0.2) is 6.29 Å². The van der Waals surface area contributed by atoms with Crippen molar-refractivity contribution in [3.05, 3.63) is 12.2 Å². The molecule has 1 rings (SSSR count). The molecular weight excluding hydrogens is 851 g/mol. The fourth-order valence-corrected chi connectivity index (χ4v) is 9.87. The predicted octanol–water partition coefficient (Wildman–Crippen LogP) is 14.8. The van der Waals surface area contributed by atoms with Crippen LogP contribution in [0.15, 0.2) is 12.2 Å². The predicted molar refractivity (Wildman–Crippen MR) is 286 cm³/mol. The van der Waals surface area contributed by atoms with E-state index < -0.39 is 49.5 Å². The van der Waals surface area contributed by atoms with E-state index in [0.29, 0.717) is 6.42 Å². The first-order valence-electron chi connectivity index (χ1n) is 29.9. The van der Waals surface area contributed by atoms with Crippen LogP contribution >= 0.6 is 0 Å². The molecular formula is C59H115NO8. The summed E-state index contributed by atoms with van der Waals surface area (Å²) < 4.78 is 11.3. The van der Waals surface area contributed by atoms with Crippen LogP contribution in [0.25, 0.3) is 0 Å². The van der Waals surface area contributed by atoms with Crippen molar-refractivity contribution in [2.24, 2.45) is 0 Å². The molecule has 1 aliphatic heterocycles. The third kappa shape index (κ3) is 38.6. The minimum atomic E-state index is -1.56. The molecule has 1 amide bonds. The minimum absolute atomic E-state index is 0.171. The van der Waals surface area contributed by atoms with Gasteiger partial charge in [0.05, 0.1) is 25.4 Å². The first-order chi connectivity index (χ1) is 33.3. The molecule has 0 bridgehead atoms. The van der Waals surface area contributed by atoms with Crippen LogP contribution in [-0.2, 0) is 14.3 Å². The molecule has 0 spiro atoms. The van der Waals surface area contributed by atoms with Crippen molar-refractivity contribution < 1.29 is 39.8 Å². The Kier molecular flexibility index (Phi) is 47.3. The summed E-state index contributed by atoms with van der Waals surface area (Å²) >= 11 is 0. The quantitative estimate of drug-likeness (QED) is 0.0261. The summed E-state index contributed by atoms with van der Waals surface area (Å²) in [5.74, 6) is -0.171. The number of aliphatic hydroxyl groups is 5. The maximum absolute atomic E-state index is 13.0. The molecule has 1 saturated heterocycles. The van der Waals surface area contributed by atoms with Gasteiger partial charge in [-0.05, 0) is 19.3 Å². The van der Waals surface area contributed by atoms with Crippen LogP contribution in [0.3, 0.4) is 0 Å². The van der Waals surface area contributed by atoms with E-state index in [1.165, 1.54) is 244 Å². The van der Waals surface area contributed by atoms with Gasteiger partial charge < -0.3 is 40.3 Å². The molecule has 7 atom stereocenters. The number of allylic oxidation sites excluding steroid dienone is 1. The minimum Gasteiger partial charge on any atom is -0.394 e. The summed E-state index contributed by atoms with van der Waals surface area (Å²) in [6, 6.07) is -0.799. The molecule has 0 radical (unpaired) electrons. The van der Waals surface area contributed by atoms with E-state index in [4.69, 9.17) is 9.47 Å². The van der Waals surface area contributed by atoms with Crippen molar-refractivity contribution in [1.29, 1.82) is 0 Å². The number of carbonyl (C=O) groups is 1. The molecule has 0 aromatic carbocycles. The third-order valence-electron chi connectivity index (χ3n) is 14.6. The number of rotatable bonds is 52. The van der Waals surface area contributed by atoms with Gasteiger partial charge in [0.1, 0.15) is 24.4 Å². The molecule has 0 aliphatic carbocycles. The van der Waals surface area contributed by atoms with E-state index in [0.717, 1.165) is 38.5 Å². The van der Waals surface area contributed by atoms with E-state index in [2.05, 4.69) is 19.2 Å². The van der Waals surface area contributed by atoms with Crippen molar-refractivity contribution in [3.63, 3.8) is 0 Å². The van der Waals surface area contributed by atoms with Crippen LogP contribution in [0.5, 0.6) is 0 Å². The SMILES string of the molecule is CCCCCCCCCCCCC/C=C/[C@@H](O)[C@H](CO[C@@H]1O[C@H](CO)[C@@H](O)C(O)C1O)NC(=O)CCCCCCCCCCCCCCCCCCCCCCCCCCCCCCCCCC. The second-order valence-electron chi connectivity index (χ2n) is 21.2. The lowest BCUT2D eigenvalue weighted by atomic mass is 9.99. The summed E-state index contributed by atoms with van der Waals surface area (Å²) in [5.41, 5.74) is 0. The van der Waals surface area contributed by atoms with Crippen LogP contribution in [0.2, 0.25) is 0 Å². The Bertz CT molecular complexity index is 1080. The summed E-state index contributed by atoms with van der Waals surface area (Å²) in [6.07, 6.45) is 54.5. The Morgan fingerprint density at radius 2 is 0.809 bits per heavy atom. The normalized spacial score (nSPS) is 19.5. The van der Waals surface area contributed by atoms with Crippen LogP contribution in [-0.4, -0.2) is 87.5 Å². The monoisotopic (exact) mass is 966 g/mol. The van der Waals surface area contributed by atoms with Crippen LogP contribution in [0.4, 0.5) is 0 Å². The lowest BCUT2D eigenvalue weighted by molar-refractivity contribution is -0.302. The molecule has 404 valence electrons. The molecule has 1 aliphatic rings. The fourth-order valence-electron chi connectivity index (χ4n) is 9.87. The second kappa shape index (κ2) is 49.5. The van der Waals surface area contributed by atoms with Gasteiger partial charge in [-0.1, -0.05) is 289 Å². The maximum atomic E-state index is 13.0. The van der Waals surface area contributed by atoms with Gasteiger partial charge in [-0.2, -0.15) is 0 Å². The van der Waals surface area contributed by atoms with Crippen molar-refractivity contribution in [2.45, 2.75) is 346 Å². The number of carbonyl (C=O) groups excluding carboxylic acids is 1. The van der Waals surface area contributed by atoms with Crippen molar-refractivity contribution in [3.8, 4) is 0 Å². The van der Waals surface area contributed by atoms with Crippen molar-refractivity contribution in [2.75, 3.05) is 13.2 Å². The van der Waals surface area contributed by atoms with Gasteiger partial charge >= 0.3 is 0 Å². The number of aliphatic hydroxyl groups excluding tert-OH is 5. The summed E-state index contributed by atoms with van der Waals surface area (Å²) in [6.45, 7) is 3.81.